The van der Waals surface area contributed by atoms with Gasteiger partial charge >= 0.3 is 0 Å². The first-order chi connectivity index (χ1) is 12.7. The van der Waals surface area contributed by atoms with Crippen molar-refractivity contribution < 1.29 is 9.59 Å². The van der Waals surface area contributed by atoms with Gasteiger partial charge in [-0.1, -0.05) is 26.7 Å². The fraction of sp³-hybridized carbons (Fsp3) is 0.750. The van der Waals surface area contributed by atoms with E-state index in [9.17, 15) is 9.59 Å². The molecule has 0 aromatic carbocycles. The van der Waals surface area contributed by atoms with Gasteiger partial charge in [0.05, 0.1) is 11.2 Å². The number of aryl methyl sites for hydroxylation is 2. The Bertz CT molecular complexity index is 718. The van der Waals surface area contributed by atoms with E-state index in [0.717, 1.165) is 50.2 Å². The van der Waals surface area contributed by atoms with Gasteiger partial charge in [-0.3, -0.25) is 19.2 Å². The highest BCUT2D eigenvalue weighted by Crippen LogP contribution is 2.32. The van der Waals surface area contributed by atoms with Crippen LogP contribution in [0.4, 0.5) is 0 Å². The van der Waals surface area contributed by atoms with Crippen LogP contribution in [0, 0.1) is 19.8 Å². The van der Waals surface area contributed by atoms with E-state index < -0.39 is 6.04 Å². The van der Waals surface area contributed by atoms with Crippen LogP contribution in [0.5, 0.6) is 0 Å². The number of carbonyl (C=O) groups is 2. The Morgan fingerprint density at radius 2 is 2.00 bits per heavy atom. The maximum Gasteiger partial charge on any atom is 0.244 e. The third-order valence-corrected chi connectivity index (χ3v) is 6.11. The van der Waals surface area contributed by atoms with Crippen molar-refractivity contribution in [1.29, 1.82) is 0 Å². The average Bonchev–Trinajstić information content (AvgIpc) is 3.09. The van der Waals surface area contributed by atoms with Gasteiger partial charge in [0.1, 0.15) is 6.04 Å². The Kier molecular flexibility index (Phi) is 5.60. The molecular weight excluding hydrogens is 342 g/mol. The number of amides is 2. The van der Waals surface area contributed by atoms with E-state index >= 15 is 0 Å². The highest BCUT2D eigenvalue weighted by molar-refractivity contribution is 5.89. The molecule has 1 aliphatic carbocycles. The summed E-state index contributed by atoms with van der Waals surface area (Å²) in [6, 6.07) is -0.517. The van der Waals surface area contributed by atoms with E-state index in [1.54, 1.807) is 0 Å². The maximum atomic E-state index is 12.9. The minimum Gasteiger partial charge on any atom is -0.348 e. The largest absolute Gasteiger partial charge is 0.348 e. The van der Waals surface area contributed by atoms with Crippen LogP contribution in [0.3, 0.4) is 0 Å². The molecule has 1 spiro atoms. The quantitative estimate of drug-likeness (QED) is 0.834. The average molecular weight is 376 g/mol. The van der Waals surface area contributed by atoms with E-state index in [-0.39, 0.29) is 23.3 Å². The highest BCUT2D eigenvalue weighted by atomic mass is 16.2. The molecule has 150 valence electrons. The highest BCUT2D eigenvalue weighted by Gasteiger charge is 2.42. The van der Waals surface area contributed by atoms with Gasteiger partial charge in [0.25, 0.3) is 0 Å². The van der Waals surface area contributed by atoms with Crippen LogP contribution in [-0.2, 0) is 23.2 Å². The molecule has 1 saturated carbocycles. The molecular formula is C20H33N5O2. The summed E-state index contributed by atoms with van der Waals surface area (Å²) in [6.07, 6.45) is 4.29. The van der Waals surface area contributed by atoms with Gasteiger partial charge < -0.3 is 10.6 Å². The molecule has 3 rings (SSSR count). The second-order valence-corrected chi connectivity index (χ2v) is 8.64. The van der Waals surface area contributed by atoms with Gasteiger partial charge in [0.15, 0.2) is 0 Å². The molecule has 0 radical (unpaired) electrons. The second-order valence-electron chi connectivity index (χ2n) is 8.64. The third-order valence-electron chi connectivity index (χ3n) is 6.11. The normalized spacial score (nSPS) is 22.9. The topological polar surface area (TPSA) is 79.3 Å². The lowest BCUT2D eigenvalue weighted by Gasteiger charge is -2.33. The van der Waals surface area contributed by atoms with Crippen LogP contribution in [-0.4, -0.2) is 51.2 Å². The summed E-state index contributed by atoms with van der Waals surface area (Å²) in [7, 11) is 1.96. The molecule has 7 heteroatoms. The fourth-order valence-corrected chi connectivity index (χ4v) is 4.40. The maximum absolute atomic E-state index is 12.9. The fourth-order valence-electron chi connectivity index (χ4n) is 4.40. The summed E-state index contributed by atoms with van der Waals surface area (Å²) < 4.78 is 1.91. The van der Waals surface area contributed by atoms with Gasteiger partial charge in [-0.05, 0) is 26.7 Å². The number of hydrogen-bond acceptors (Lipinski definition) is 4. The Morgan fingerprint density at radius 3 is 2.56 bits per heavy atom. The lowest BCUT2D eigenvalue weighted by atomic mass is 9.97. The summed E-state index contributed by atoms with van der Waals surface area (Å²) in [4.78, 5) is 27.5. The minimum atomic E-state index is -0.517. The van der Waals surface area contributed by atoms with Gasteiger partial charge in [0, 0.05) is 43.9 Å². The Labute approximate surface area is 161 Å². The van der Waals surface area contributed by atoms with Crippen molar-refractivity contribution in [1.82, 2.24) is 25.3 Å². The summed E-state index contributed by atoms with van der Waals surface area (Å²) in [6.45, 7) is 9.91. The van der Waals surface area contributed by atoms with Crippen molar-refractivity contribution in [3.63, 3.8) is 0 Å². The molecule has 1 saturated heterocycles. The lowest BCUT2D eigenvalue weighted by Crippen LogP contribution is -2.54. The van der Waals surface area contributed by atoms with Crippen LogP contribution in [0.15, 0.2) is 0 Å². The Balaban J connectivity index is 1.85. The first-order valence-electron chi connectivity index (χ1n) is 10.0. The lowest BCUT2D eigenvalue weighted by molar-refractivity contribution is -0.131. The van der Waals surface area contributed by atoms with E-state index in [1.165, 1.54) is 5.56 Å². The third kappa shape index (κ3) is 4.18. The van der Waals surface area contributed by atoms with E-state index in [0.29, 0.717) is 6.54 Å². The van der Waals surface area contributed by atoms with Gasteiger partial charge in [0.2, 0.25) is 11.8 Å². The zero-order valence-electron chi connectivity index (χ0n) is 17.3. The van der Waals surface area contributed by atoms with E-state index in [4.69, 9.17) is 0 Å². The molecule has 27 heavy (non-hydrogen) atoms. The first kappa shape index (κ1) is 19.9. The van der Waals surface area contributed by atoms with E-state index in [2.05, 4.69) is 27.6 Å². The molecule has 2 N–H and O–H groups in total. The number of nitrogens with one attached hydrogen (secondary N) is 2. The number of carbonyl (C=O) groups excluding carboxylic acids is 2. The molecule has 7 nitrogen and oxygen atoms in total. The van der Waals surface area contributed by atoms with Gasteiger partial charge in [-0.2, -0.15) is 5.10 Å². The van der Waals surface area contributed by atoms with Crippen molar-refractivity contribution in [2.45, 2.75) is 71.5 Å². The Hall–Kier alpha value is -1.89. The van der Waals surface area contributed by atoms with Gasteiger partial charge in [-0.25, -0.2) is 0 Å². The van der Waals surface area contributed by atoms with Gasteiger partial charge in [-0.15, -0.1) is 0 Å². The molecule has 2 amide bonds. The minimum absolute atomic E-state index is 0.0481. The predicted molar refractivity (Wildman–Crippen MR) is 104 cm³/mol. The van der Waals surface area contributed by atoms with Crippen molar-refractivity contribution >= 4 is 11.8 Å². The van der Waals surface area contributed by atoms with Crippen molar-refractivity contribution in [3.8, 4) is 0 Å². The molecule has 1 aliphatic heterocycles. The van der Waals surface area contributed by atoms with Crippen molar-refractivity contribution in [2.75, 3.05) is 13.1 Å². The first-order valence-corrected chi connectivity index (χ1v) is 10.0. The summed E-state index contributed by atoms with van der Waals surface area (Å²) in [5, 5.41) is 10.8. The number of aromatic nitrogens is 2. The SMILES string of the molecule is Cc1nn(C)c(C)c1CN1CC(NC(=O)C(C)C)C(=O)NC2(CCCC2)C1. The van der Waals surface area contributed by atoms with Crippen molar-refractivity contribution in [3.05, 3.63) is 17.0 Å². The molecule has 0 bridgehead atoms. The molecule has 1 atom stereocenters. The molecule has 2 heterocycles. The molecule has 1 aromatic rings. The van der Waals surface area contributed by atoms with Crippen molar-refractivity contribution in [2.24, 2.45) is 13.0 Å². The summed E-state index contributed by atoms with van der Waals surface area (Å²) in [5.74, 6) is -0.267. The molecule has 2 fully saturated rings. The van der Waals surface area contributed by atoms with Crippen LogP contribution in [0.1, 0.15) is 56.5 Å². The van der Waals surface area contributed by atoms with Crippen LogP contribution >= 0.6 is 0 Å². The predicted octanol–water partition coefficient (Wildman–Crippen LogP) is 1.42. The van der Waals surface area contributed by atoms with Crippen LogP contribution < -0.4 is 10.6 Å². The van der Waals surface area contributed by atoms with E-state index in [1.807, 2.05) is 32.5 Å². The zero-order valence-corrected chi connectivity index (χ0v) is 17.3. The smallest absolute Gasteiger partial charge is 0.244 e. The standard InChI is InChI=1S/C20H33N5O2/c1-13(2)18(26)21-17-11-25(10-16-14(3)23-24(5)15(16)4)12-20(22-19(17)27)8-6-7-9-20/h13,17H,6-12H2,1-5H3,(H,21,26)(H,22,27). The van der Waals surface area contributed by atoms with Crippen LogP contribution in [0.25, 0.3) is 0 Å². The number of rotatable bonds is 4. The summed E-state index contributed by atoms with van der Waals surface area (Å²) >= 11 is 0. The zero-order chi connectivity index (χ0) is 19.8. The number of hydrogen-bond donors (Lipinski definition) is 2. The second kappa shape index (κ2) is 7.62. The summed E-state index contributed by atoms with van der Waals surface area (Å²) in [5.41, 5.74) is 3.23. The molecule has 1 unspecified atom stereocenters. The molecule has 1 aromatic heterocycles. The molecule has 2 aliphatic rings. The Morgan fingerprint density at radius 1 is 1.33 bits per heavy atom. The van der Waals surface area contributed by atoms with Crippen LogP contribution in [0.2, 0.25) is 0 Å². The monoisotopic (exact) mass is 375 g/mol. The number of nitrogens with zero attached hydrogens (tertiary/aromatic N) is 3.